The van der Waals surface area contributed by atoms with E-state index in [1.54, 1.807) is 36.0 Å². The van der Waals surface area contributed by atoms with Crippen LogP contribution in [-0.2, 0) is 6.54 Å². The fourth-order valence-corrected chi connectivity index (χ4v) is 2.75. The summed E-state index contributed by atoms with van der Waals surface area (Å²) < 4.78 is 28.7. The largest absolute Gasteiger partial charge is 0.367 e. The summed E-state index contributed by atoms with van der Waals surface area (Å²) in [6.45, 7) is 1.25. The van der Waals surface area contributed by atoms with Crippen molar-refractivity contribution in [3.8, 4) is 11.3 Å². The fourth-order valence-electron chi connectivity index (χ4n) is 2.75. The van der Waals surface area contributed by atoms with Gasteiger partial charge >= 0.3 is 0 Å². The summed E-state index contributed by atoms with van der Waals surface area (Å²) in [5.74, 6) is 0.673. The minimum Gasteiger partial charge on any atom is -0.367 e. The molecule has 4 rings (SSSR count). The highest BCUT2D eigenvalue weighted by Gasteiger charge is 2.15. The van der Waals surface area contributed by atoms with E-state index >= 15 is 0 Å². The zero-order valence-electron chi connectivity index (χ0n) is 12.7. The molecule has 122 valence electrons. The number of hydrogen-bond donors (Lipinski definition) is 1. The van der Waals surface area contributed by atoms with Gasteiger partial charge in [0.25, 0.3) is 6.43 Å². The van der Waals surface area contributed by atoms with Crippen molar-refractivity contribution in [1.82, 2.24) is 29.1 Å². The van der Waals surface area contributed by atoms with Gasteiger partial charge in [-0.05, 0) is 25.1 Å². The van der Waals surface area contributed by atoms with Gasteiger partial charge in [0.1, 0.15) is 11.3 Å². The molecule has 0 aliphatic carbocycles. The van der Waals surface area contributed by atoms with Gasteiger partial charge in [0.2, 0.25) is 5.95 Å². The van der Waals surface area contributed by atoms with Crippen molar-refractivity contribution < 1.29 is 8.78 Å². The molecule has 24 heavy (non-hydrogen) atoms. The molecule has 0 fully saturated rings. The van der Waals surface area contributed by atoms with Crippen LogP contribution in [0.25, 0.3) is 27.9 Å². The molecule has 4 heterocycles. The Hall–Kier alpha value is -3.10. The van der Waals surface area contributed by atoms with Crippen molar-refractivity contribution in [2.45, 2.75) is 19.9 Å². The molecule has 0 atom stereocenters. The Morgan fingerprint density at radius 2 is 2.04 bits per heavy atom. The minimum atomic E-state index is -2.47. The van der Waals surface area contributed by atoms with E-state index in [0.717, 1.165) is 11.1 Å². The monoisotopic (exact) mass is 329 g/mol. The van der Waals surface area contributed by atoms with Gasteiger partial charge in [0.05, 0.1) is 24.0 Å². The Labute approximate surface area is 134 Å². The van der Waals surface area contributed by atoms with Crippen LogP contribution in [0.4, 0.5) is 14.7 Å². The number of aryl methyl sites for hydroxylation is 1. The zero-order valence-corrected chi connectivity index (χ0v) is 12.7. The third kappa shape index (κ3) is 2.25. The lowest BCUT2D eigenvalue weighted by atomic mass is 10.2. The molecule has 4 aromatic rings. The summed E-state index contributed by atoms with van der Waals surface area (Å²) in [5.41, 5.74) is 8.74. The summed E-state index contributed by atoms with van der Waals surface area (Å²) in [7, 11) is 0. The van der Waals surface area contributed by atoms with Gasteiger partial charge in [0.15, 0.2) is 5.65 Å². The first-order valence-corrected chi connectivity index (χ1v) is 7.25. The predicted molar refractivity (Wildman–Crippen MR) is 84.7 cm³/mol. The quantitative estimate of drug-likeness (QED) is 0.623. The average Bonchev–Trinajstić information content (AvgIpc) is 3.08. The third-order valence-electron chi connectivity index (χ3n) is 3.81. The smallest absolute Gasteiger partial charge is 0.256 e. The van der Waals surface area contributed by atoms with Crippen LogP contribution in [0.15, 0.2) is 30.6 Å². The highest BCUT2D eigenvalue weighted by molar-refractivity contribution is 5.82. The molecule has 0 bridgehead atoms. The first kappa shape index (κ1) is 14.5. The molecule has 7 nitrogen and oxygen atoms in total. The number of anilines is 1. The van der Waals surface area contributed by atoms with E-state index in [-0.39, 0.29) is 5.95 Å². The van der Waals surface area contributed by atoms with Gasteiger partial charge in [-0.25, -0.2) is 28.2 Å². The summed E-state index contributed by atoms with van der Waals surface area (Å²) in [4.78, 5) is 12.8. The number of aromatic nitrogens is 6. The second-order valence-electron chi connectivity index (χ2n) is 5.38. The molecule has 0 saturated carbocycles. The van der Waals surface area contributed by atoms with Crippen molar-refractivity contribution in [3.05, 3.63) is 36.4 Å². The lowest BCUT2D eigenvalue weighted by Crippen LogP contribution is -2.08. The van der Waals surface area contributed by atoms with Gasteiger partial charge < -0.3 is 10.3 Å². The number of pyridine rings is 1. The van der Waals surface area contributed by atoms with E-state index < -0.39 is 13.0 Å². The Morgan fingerprint density at radius 1 is 1.21 bits per heavy atom. The normalized spacial score (nSPS) is 11.8. The average molecular weight is 329 g/mol. The maximum Gasteiger partial charge on any atom is 0.256 e. The first-order chi connectivity index (χ1) is 11.5. The number of nitrogen functional groups attached to an aromatic ring is 1. The summed E-state index contributed by atoms with van der Waals surface area (Å²) in [6, 6.07) is 5.40. The lowest BCUT2D eigenvalue weighted by molar-refractivity contribution is 0.127. The van der Waals surface area contributed by atoms with Crippen molar-refractivity contribution >= 4 is 22.6 Å². The summed E-state index contributed by atoms with van der Waals surface area (Å²) in [6.07, 6.45) is 0.875. The first-order valence-electron chi connectivity index (χ1n) is 7.25. The molecule has 2 N–H and O–H groups in total. The van der Waals surface area contributed by atoms with Crippen LogP contribution in [-0.4, -0.2) is 35.6 Å². The molecule has 9 heteroatoms. The number of nitrogens with two attached hydrogens (primary N) is 1. The van der Waals surface area contributed by atoms with Crippen molar-refractivity contribution in [1.29, 1.82) is 0 Å². The lowest BCUT2D eigenvalue weighted by Gasteiger charge is -2.06. The molecule has 0 amide bonds. The van der Waals surface area contributed by atoms with E-state index in [0.29, 0.717) is 22.7 Å². The zero-order chi connectivity index (χ0) is 16.8. The van der Waals surface area contributed by atoms with Gasteiger partial charge in [-0.3, -0.25) is 0 Å². The Bertz CT molecular complexity index is 1050. The van der Waals surface area contributed by atoms with Crippen LogP contribution in [0.5, 0.6) is 0 Å². The van der Waals surface area contributed by atoms with Crippen molar-refractivity contribution in [2.75, 3.05) is 5.73 Å². The van der Waals surface area contributed by atoms with Gasteiger partial charge in [-0.2, -0.15) is 0 Å². The molecule has 0 spiro atoms. The number of imidazole rings is 1. The number of rotatable bonds is 3. The number of alkyl halides is 2. The van der Waals surface area contributed by atoms with Crippen LogP contribution in [0.3, 0.4) is 0 Å². The number of hydrogen-bond acceptors (Lipinski definition) is 5. The van der Waals surface area contributed by atoms with Crippen LogP contribution in [0.2, 0.25) is 0 Å². The molecule has 0 aliphatic rings. The number of fused-ring (bicyclic) bond motifs is 2. The molecular weight excluding hydrogens is 316 g/mol. The van der Waals surface area contributed by atoms with Crippen LogP contribution in [0, 0.1) is 6.92 Å². The van der Waals surface area contributed by atoms with Crippen LogP contribution < -0.4 is 5.73 Å². The SMILES string of the molecule is Cc1nc2ccc(-c3ccn4nc(N)ncc34)nc2n1CC(F)F. The van der Waals surface area contributed by atoms with E-state index in [4.69, 9.17) is 5.73 Å². The fraction of sp³-hybridized carbons (Fsp3) is 0.200. The van der Waals surface area contributed by atoms with Gasteiger partial charge in [-0.15, -0.1) is 5.10 Å². The van der Waals surface area contributed by atoms with Crippen molar-refractivity contribution in [3.63, 3.8) is 0 Å². The van der Waals surface area contributed by atoms with Crippen LogP contribution >= 0.6 is 0 Å². The number of nitrogens with zero attached hydrogens (tertiary/aromatic N) is 6. The maximum absolute atomic E-state index is 12.8. The van der Waals surface area contributed by atoms with E-state index in [2.05, 4.69) is 20.1 Å². The molecule has 0 saturated heterocycles. The predicted octanol–water partition coefficient (Wildman–Crippen LogP) is 2.30. The second-order valence-corrected chi connectivity index (χ2v) is 5.38. The van der Waals surface area contributed by atoms with E-state index in [1.165, 1.54) is 4.57 Å². The van der Waals surface area contributed by atoms with Crippen molar-refractivity contribution in [2.24, 2.45) is 0 Å². The molecule has 0 radical (unpaired) electrons. The summed E-state index contributed by atoms with van der Waals surface area (Å²) >= 11 is 0. The van der Waals surface area contributed by atoms with E-state index in [1.807, 2.05) is 6.07 Å². The maximum atomic E-state index is 12.8. The molecule has 4 aromatic heterocycles. The Balaban J connectivity index is 1.90. The minimum absolute atomic E-state index is 0.165. The number of halogens is 2. The molecule has 0 unspecified atom stereocenters. The van der Waals surface area contributed by atoms with Crippen LogP contribution in [0.1, 0.15) is 5.82 Å². The highest BCUT2D eigenvalue weighted by atomic mass is 19.3. The topological polar surface area (TPSA) is 86.9 Å². The summed E-state index contributed by atoms with van der Waals surface area (Å²) in [5, 5.41) is 4.08. The molecule has 0 aromatic carbocycles. The standard InChI is InChI=1S/C15H13F2N7/c1-8-20-11-3-2-10(21-14(11)23(8)7-13(16)17)9-4-5-24-12(9)6-19-15(18)22-24/h2-6,13H,7H2,1H3,(H2,18,22). The molecular formula is C15H13F2N7. The highest BCUT2D eigenvalue weighted by Crippen LogP contribution is 2.26. The Kier molecular flexibility index (Phi) is 3.15. The second kappa shape index (κ2) is 5.22. The van der Waals surface area contributed by atoms with E-state index in [9.17, 15) is 8.78 Å². The Morgan fingerprint density at radius 3 is 2.83 bits per heavy atom. The van der Waals surface area contributed by atoms with Gasteiger partial charge in [-0.1, -0.05) is 0 Å². The molecule has 0 aliphatic heterocycles. The third-order valence-corrected chi connectivity index (χ3v) is 3.81. The van der Waals surface area contributed by atoms with Gasteiger partial charge in [0, 0.05) is 11.8 Å².